The first kappa shape index (κ1) is 18.0. The molecule has 1 N–H and O–H groups in total. The lowest BCUT2D eigenvalue weighted by Gasteiger charge is -2.23. The van der Waals surface area contributed by atoms with Gasteiger partial charge in [-0.1, -0.05) is 11.6 Å². The van der Waals surface area contributed by atoms with E-state index < -0.39 is 17.4 Å². The fourth-order valence-corrected chi connectivity index (χ4v) is 2.62. The molecule has 0 saturated carbocycles. The summed E-state index contributed by atoms with van der Waals surface area (Å²) in [5.41, 5.74) is -0.879. The number of piperidine rings is 1. The molecule has 0 radical (unpaired) electrons. The van der Waals surface area contributed by atoms with Gasteiger partial charge >= 0.3 is 5.97 Å². The van der Waals surface area contributed by atoms with Gasteiger partial charge in [0.25, 0.3) is 0 Å². The van der Waals surface area contributed by atoms with Crippen molar-refractivity contribution in [2.75, 3.05) is 19.7 Å². The van der Waals surface area contributed by atoms with Gasteiger partial charge in [-0.3, -0.25) is 0 Å². The van der Waals surface area contributed by atoms with Crippen LogP contribution in [0.15, 0.2) is 12.1 Å². The second kappa shape index (κ2) is 7.49. The van der Waals surface area contributed by atoms with E-state index in [1.54, 1.807) is 20.8 Å². The predicted molar refractivity (Wildman–Crippen MR) is 87.7 cm³/mol. The zero-order valence-electron chi connectivity index (χ0n) is 13.7. The van der Waals surface area contributed by atoms with E-state index in [1.165, 1.54) is 6.07 Å². The van der Waals surface area contributed by atoms with E-state index in [0.29, 0.717) is 12.5 Å². The zero-order chi connectivity index (χ0) is 17.0. The smallest absolute Gasteiger partial charge is 0.341 e. The van der Waals surface area contributed by atoms with Crippen LogP contribution in [-0.2, 0) is 4.74 Å². The Bertz CT molecular complexity index is 566. The quantitative estimate of drug-likeness (QED) is 0.844. The van der Waals surface area contributed by atoms with E-state index in [0.717, 1.165) is 32.0 Å². The van der Waals surface area contributed by atoms with Crippen LogP contribution in [0.1, 0.15) is 44.0 Å². The van der Waals surface area contributed by atoms with E-state index in [1.807, 2.05) is 0 Å². The lowest BCUT2D eigenvalue weighted by Crippen LogP contribution is -2.33. The minimum atomic E-state index is -0.736. The summed E-state index contributed by atoms with van der Waals surface area (Å²) in [5, 5.41) is 3.50. The molecule has 128 valence electrons. The Balaban J connectivity index is 2.05. The molecule has 1 heterocycles. The van der Waals surface area contributed by atoms with Crippen molar-refractivity contribution in [3.05, 3.63) is 28.5 Å². The third kappa shape index (κ3) is 5.36. The highest BCUT2D eigenvalue weighted by atomic mass is 35.5. The summed E-state index contributed by atoms with van der Waals surface area (Å²) in [4.78, 5) is 12.0. The van der Waals surface area contributed by atoms with Crippen LogP contribution >= 0.6 is 11.6 Å². The van der Waals surface area contributed by atoms with Gasteiger partial charge in [-0.25, -0.2) is 9.18 Å². The standard InChI is InChI=1S/C17H23ClFNO3/c1-17(2,3)23-16(21)12-7-13(18)15(8-14(12)19)22-10-11-5-4-6-20-9-11/h7-8,11,20H,4-6,9-10H2,1-3H3/t11-/m1/s1. The van der Waals surface area contributed by atoms with Crippen molar-refractivity contribution in [3.8, 4) is 5.75 Å². The van der Waals surface area contributed by atoms with Gasteiger partial charge in [-0.2, -0.15) is 0 Å². The Kier molecular flexibility index (Phi) is 5.87. The molecule has 1 atom stereocenters. The maximum absolute atomic E-state index is 14.2. The van der Waals surface area contributed by atoms with Crippen molar-refractivity contribution >= 4 is 17.6 Å². The molecule has 0 bridgehead atoms. The lowest BCUT2D eigenvalue weighted by molar-refractivity contribution is 0.00646. The fraction of sp³-hybridized carbons (Fsp3) is 0.588. The predicted octanol–water partition coefficient (Wildman–Crippen LogP) is 3.81. The molecule has 0 aliphatic carbocycles. The Morgan fingerprint density at radius 1 is 1.43 bits per heavy atom. The fourth-order valence-electron chi connectivity index (χ4n) is 2.40. The second-order valence-electron chi connectivity index (χ2n) is 6.79. The van der Waals surface area contributed by atoms with Gasteiger partial charge in [-0.05, 0) is 46.2 Å². The number of benzene rings is 1. The summed E-state index contributed by atoms with van der Waals surface area (Å²) in [5.74, 6) is -0.796. The normalized spacial score (nSPS) is 18.6. The SMILES string of the molecule is CC(C)(C)OC(=O)c1cc(Cl)c(OC[C@@H]2CCCNC2)cc1F. The summed E-state index contributed by atoms with van der Waals surface area (Å²) < 4.78 is 25.0. The zero-order valence-corrected chi connectivity index (χ0v) is 14.5. The second-order valence-corrected chi connectivity index (χ2v) is 7.19. The molecule has 6 heteroatoms. The molecule has 1 aliphatic heterocycles. The Morgan fingerprint density at radius 3 is 2.78 bits per heavy atom. The molecule has 0 amide bonds. The third-order valence-electron chi connectivity index (χ3n) is 3.51. The maximum Gasteiger partial charge on any atom is 0.341 e. The molecule has 23 heavy (non-hydrogen) atoms. The van der Waals surface area contributed by atoms with Crippen LogP contribution in [0.3, 0.4) is 0 Å². The van der Waals surface area contributed by atoms with Crippen LogP contribution in [0.25, 0.3) is 0 Å². The molecule has 0 aromatic heterocycles. The van der Waals surface area contributed by atoms with Crippen LogP contribution in [0.4, 0.5) is 4.39 Å². The Morgan fingerprint density at radius 2 is 2.17 bits per heavy atom. The van der Waals surface area contributed by atoms with Crippen LogP contribution < -0.4 is 10.1 Å². The summed E-state index contributed by atoms with van der Waals surface area (Å²) in [6, 6.07) is 2.41. The number of carbonyl (C=O) groups excluding carboxylic acids is 1. The highest BCUT2D eigenvalue weighted by Crippen LogP contribution is 2.29. The van der Waals surface area contributed by atoms with Crippen LogP contribution in [-0.4, -0.2) is 31.3 Å². The number of hydrogen-bond acceptors (Lipinski definition) is 4. The largest absolute Gasteiger partial charge is 0.492 e. The molecule has 1 fully saturated rings. The molecule has 1 aromatic rings. The van der Waals surface area contributed by atoms with Crippen molar-refractivity contribution in [1.29, 1.82) is 0 Å². The number of hydrogen-bond donors (Lipinski definition) is 1. The van der Waals surface area contributed by atoms with Crippen molar-refractivity contribution in [2.45, 2.75) is 39.2 Å². The first-order chi connectivity index (χ1) is 10.8. The third-order valence-corrected chi connectivity index (χ3v) is 3.81. The summed E-state index contributed by atoms with van der Waals surface area (Å²) in [6.07, 6.45) is 2.18. The average Bonchev–Trinajstić information content (AvgIpc) is 2.47. The maximum atomic E-state index is 14.2. The van der Waals surface area contributed by atoms with Crippen molar-refractivity contribution < 1.29 is 18.7 Å². The molecule has 1 saturated heterocycles. The molecular formula is C17H23ClFNO3. The number of rotatable bonds is 4. The molecule has 0 unspecified atom stereocenters. The molecule has 1 aliphatic rings. The Labute approximate surface area is 141 Å². The number of esters is 1. The van der Waals surface area contributed by atoms with E-state index in [2.05, 4.69) is 5.32 Å². The van der Waals surface area contributed by atoms with Gasteiger partial charge in [0.15, 0.2) is 0 Å². The van der Waals surface area contributed by atoms with Crippen molar-refractivity contribution in [3.63, 3.8) is 0 Å². The van der Waals surface area contributed by atoms with Gasteiger partial charge in [0.2, 0.25) is 0 Å². The average molecular weight is 344 g/mol. The van der Waals surface area contributed by atoms with Crippen molar-refractivity contribution in [2.24, 2.45) is 5.92 Å². The molecule has 0 spiro atoms. The lowest BCUT2D eigenvalue weighted by atomic mass is 10.0. The van der Waals surface area contributed by atoms with Crippen molar-refractivity contribution in [1.82, 2.24) is 5.32 Å². The van der Waals surface area contributed by atoms with Gasteiger partial charge < -0.3 is 14.8 Å². The summed E-state index contributed by atoms with van der Waals surface area (Å²) in [7, 11) is 0. The minimum absolute atomic E-state index is 0.184. The minimum Gasteiger partial charge on any atom is -0.492 e. The van der Waals surface area contributed by atoms with Gasteiger partial charge in [0.05, 0.1) is 17.2 Å². The molecular weight excluding hydrogens is 321 g/mol. The topological polar surface area (TPSA) is 47.6 Å². The summed E-state index contributed by atoms with van der Waals surface area (Å²) >= 11 is 6.12. The van der Waals surface area contributed by atoms with E-state index >= 15 is 0 Å². The number of ether oxygens (including phenoxy) is 2. The molecule has 4 nitrogen and oxygen atoms in total. The van der Waals surface area contributed by atoms with Crippen LogP contribution in [0, 0.1) is 11.7 Å². The number of halogens is 2. The van der Waals surface area contributed by atoms with E-state index in [9.17, 15) is 9.18 Å². The van der Waals surface area contributed by atoms with Gasteiger partial charge in [-0.15, -0.1) is 0 Å². The van der Waals surface area contributed by atoms with E-state index in [-0.39, 0.29) is 16.3 Å². The monoisotopic (exact) mass is 343 g/mol. The van der Waals surface area contributed by atoms with Crippen LogP contribution in [0.2, 0.25) is 5.02 Å². The Hall–Kier alpha value is -1.33. The molecule has 2 rings (SSSR count). The summed E-state index contributed by atoms with van der Waals surface area (Å²) in [6.45, 7) is 7.55. The highest BCUT2D eigenvalue weighted by molar-refractivity contribution is 6.32. The van der Waals surface area contributed by atoms with Crippen LogP contribution in [0.5, 0.6) is 5.75 Å². The van der Waals surface area contributed by atoms with Gasteiger partial charge in [0.1, 0.15) is 17.2 Å². The first-order valence-electron chi connectivity index (χ1n) is 7.82. The molecule has 1 aromatic carbocycles. The van der Waals surface area contributed by atoms with Gasteiger partial charge in [0, 0.05) is 18.5 Å². The highest BCUT2D eigenvalue weighted by Gasteiger charge is 2.23. The number of nitrogens with one attached hydrogen (secondary N) is 1. The number of carbonyl (C=O) groups is 1. The first-order valence-corrected chi connectivity index (χ1v) is 8.20. The van der Waals surface area contributed by atoms with E-state index in [4.69, 9.17) is 21.1 Å².